The summed E-state index contributed by atoms with van der Waals surface area (Å²) in [4.78, 5) is 11.6. The largest absolute Gasteiger partial charge is 0.355 e. The molecule has 1 rings (SSSR count). The molecule has 0 bridgehead atoms. The van der Waals surface area contributed by atoms with Crippen LogP contribution in [0.2, 0.25) is 0 Å². The van der Waals surface area contributed by atoms with E-state index in [2.05, 4.69) is 10.0 Å². The number of hydrogen-bond donors (Lipinski definition) is 2. The highest BCUT2D eigenvalue weighted by molar-refractivity contribution is 7.91. The number of rotatable bonds is 6. The minimum Gasteiger partial charge on any atom is -0.355 e. The zero-order valence-electron chi connectivity index (χ0n) is 9.82. The molecule has 0 saturated heterocycles. The van der Waals surface area contributed by atoms with Crippen LogP contribution in [-0.4, -0.2) is 27.4 Å². The Labute approximate surface area is 105 Å². The van der Waals surface area contributed by atoms with Crippen molar-refractivity contribution in [1.82, 2.24) is 10.0 Å². The number of aryl methyl sites for hydroxylation is 1. The summed E-state index contributed by atoms with van der Waals surface area (Å²) in [6.45, 7) is 3.86. The average molecular weight is 276 g/mol. The highest BCUT2D eigenvalue weighted by Gasteiger charge is 2.15. The Kier molecular flexibility index (Phi) is 5.10. The van der Waals surface area contributed by atoms with Gasteiger partial charge in [0.2, 0.25) is 15.9 Å². The van der Waals surface area contributed by atoms with Gasteiger partial charge in [0.05, 0.1) is 0 Å². The maximum absolute atomic E-state index is 11.8. The van der Waals surface area contributed by atoms with E-state index in [0.29, 0.717) is 10.8 Å². The second-order valence-corrected chi connectivity index (χ2v) is 6.62. The predicted molar refractivity (Wildman–Crippen MR) is 67.6 cm³/mol. The molecule has 0 atom stereocenters. The summed E-state index contributed by atoms with van der Waals surface area (Å²) in [5.74, 6) is -0.173. The van der Waals surface area contributed by atoms with Crippen LogP contribution in [0.1, 0.15) is 18.7 Å². The van der Waals surface area contributed by atoms with E-state index in [-0.39, 0.29) is 12.5 Å². The minimum atomic E-state index is -3.43. The van der Waals surface area contributed by atoms with Crippen LogP contribution in [0.25, 0.3) is 0 Å². The number of carbonyl (C=O) groups excluding carboxylic acids is 1. The SMILES string of the molecule is CCc1ccc(S(=O)(=O)NCCNC(C)=O)s1. The molecule has 5 nitrogen and oxygen atoms in total. The molecule has 1 aromatic heterocycles. The molecule has 0 aliphatic rings. The lowest BCUT2D eigenvalue weighted by atomic mass is 10.4. The van der Waals surface area contributed by atoms with Crippen LogP contribution in [0, 0.1) is 0 Å². The second-order valence-electron chi connectivity index (χ2n) is 3.46. The van der Waals surface area contributed by atoms with Crippen molar-refractivity contribution < 1.29 is 13.2 Å². The van der Waals surface area contributed by atoms with E-state index in [4.69, 9.17) is 0 Å². The topological polar surface area (TPSA) is 75.3 Å². The monoisotopic (exact) mass is 276 g/mol. The summed E-state index contributed by atoms with van der Waals surface area (Å²) >= 11 is 1.27. The number of amides is 1. The maximum Gasteiger partial charge on any atom is 0.250 e. The molecule has 7 heteroatoms. The molecule has 0 aromatic carbocycles. The fourth-order valence-corrected chi connectivity index (χ4v) is 3.56. The van der Waals surface area contributed by atoms with Gasteiger partial charge < -0.3 is 5.32 Å². The van der Waals surface area contributed by atoms with Crippen molar-refractivity contribution in [2.75, 3.05) is 13.1 Å². The highest BCUT2D eigenvalue weighted by atomic mass is 32.2. The summed E-state index contributed by atoms with van der Waals surface area (Å²) < 4.78 is 26.3. The van der Waals surface area contributed by atoms with Crippen molar-refractivity contribution >= 4 is 27.3 Å². The molecule has 0 spiro atoms. The molecule has 0 aliphatic heterocycles. The van der Waals surface area contributed by atoms with Gasteiger partial charge in [0.25, 0.3) is 0 Å². The molecule has 1 aromatic rings. The Morgan fingerprint density at radius 2 is 2.06 bits per heavy atom. The van der Waals surface area contributed by atoms with Crippen molar-refractivity contribution in [2.45, 2.75) is 24.5 Å². The molecular weight excluding hydrogens is 260 g/mol. The van der Waals surface area contributed by atoms with Crippen LogP contribution >= 0.6 is 11.3 Å². The molecule has 2 N–H and O–H groups in total. The first-order valence-corrected chi connectivity index (χ1v) is 7.58. The average Bonchev–Trinajstić information content (AvgIpc) is 2.73. The van der Waals surface area contributed by atoms with Crippen molar-refractivity contribution in [3.8, 4) is 0 Å². The number of hydrogen-bond acceptors (Lipinski definition) is 4. The minimum absolute atomic E-state index is 0.173. The molecular formula is C10H16N2O3S2. The predicted octanol–water partition coefficient (Wildman–Crippen LogP) is 0.725. The molecule has 0 unspecified atom stereocenters. The Hall–Kier alpha value is -0.920. The summed E-state index contributed by atoms with van der Waals surface area (Å²) in [5, 5.41) is 2.52. The summed E-state index contributed by atoms with van der Waals surface area (Å²) in [7, 11) is -3.43. The maximum atomic E-state index is 11.8. The highest BCUT2D eigenvalue weighted by Crippen LogP contribution is 2.21. The van der Waals surface area contributed by atoms with Gasteiger partial charge in [-0.25, -0.2) is 13.1 Å². The lowest BCUT2D eigenvalue weighted by Gasteiger charge is -2.04. The number of sulfonamides is 1. The first-order chi connectivity index (χ1) is 7.95. The first-order valence-electron chi connectivity index (χ1n) is 5.28. The van der Waals surface area contributed by atoms with Crippen LogP contribution in [0.15, 0.2) is 16.3 Å². The third-order valence-electron chi connectivity index (χ3n) is 2.04. The standard InChI is InChI=1S/C10H16N2O3S2/c1-3-9-4-5-10(16-9)17(14,15)12-7-6-11-8(2)13/h4-5,12H,3,6-7H2,1-2H3,(H,11,13). The van der Waals surface area contributed by atoms with Crippen molar-refractivity contribution in [3.63, 3.8) is 0 Å². The van der Waals surface area contributed by atoms with Gasteiger partial charge in [-0.3, -0.25) is 4.79 Å². The Bertz CT molecular complexity index is 479. The van der Waals surface area contributed by atoms with Gasteiger partial charge in [-0.15, -0.1) is 11.3 Å². The zero-order chi connectivity index (χ0) is 12.9. The van der Waals surface area contributed by atoms with Crippen LogP contribution in [0.4, 0.5) is 0 Å². The molecule has 0 fully saturated rings. The van der Waals surface area contributed by atoms with Gasteiger partial charge in [0.15, 0.2) is 0 Å². The van der Waals surface area contributed by atoms with E-state index < -0.39 is 10.0 Å². The van der Waals surface area contributed by atoms with Gasteiger partial charge in [0, 0.05) is 24.9 Å². The van der Waals surface area contributed by atoms with Gasteiger partial charge in [-0.05, 0) is 18.6 Å². The van der Waals surface area contributed by atoms with E-state index in [1.165, 1.54) is 18.3 Å². The Morgan fingerprint density at radius 3 is 2.59 bits per heavy atom. The van der Waals surface area contributed by atoms with Gasteiger partial charge in [0.1, 0.15) is 4.21 Å². The van der Waals surface area contributed by atoms with E-state index in [1.54, 1.807) is 6.07 Å². The quantitative estimate of drug-likeness (QED) is 0.752. The lowest BCUT2D eigenvalue weighted by molar-refractivity contribution is -0.118. The molecule has 1 heterocycles. The van der Waals surface area contributed by atoms with E-state index in [9.17, 15) is 13.2 Å². The molecule has 0 saturated carbocycles. The lowest BCUT2D eigenvalue weighted by Crippen LogP contribution is -2.33. The van der Waals surface area contributed by atoms with Gasteiger partial charge in [-0.2, -0.15) is 0 Å². The van der Waals surface area contributed by atoms with E-state index >= 15 is 0 Å². The van der Waals surface area contributed by atoms with Crippen LogP contribution < -0.4 is 10.0 Å². The Morgan fingerprint density at radius 1 is 1.35 bits per heavy atom. The van der Waals surface area contributed by atoms with E-state index in [1.807, 2.05) is 13.0 Å². The molecule has 1 amide bonds. The van der Waals surface area contributed by atoms with Crippen molar-refractivity contribution in [3.05, 3.63) is 17.0 Å². The molecule has 96 valence electrons. The smallest absolute Gasteiger partial charge is 0.250 e. The van der Waals surface area contributed by atoms with Crippen LogP contribution in [-0.2, 0) is 21.2 Å². The third-order valence-corrected chi connectivity index (χ3v) is 5.22. The summed E-state index contributed by atoms with van der Waals surface area (Å²) in [6, 6.07) is 3.41. The van der Waals surface area contributed by atoms with E-state index in [0.717, 1.165) is 11.3 Å². The third kappa shape index (κ3) is 4.45. The van der Waals surface area contributed by atoms with Crippen LogP contribution in [0.3, 0.4) is 0 Å². The normalized spacial score (nSPS) is 11.4. The molecule has 17 heavy (non-hydrogen) atoms. The van der Waals surface area contributed by atoms with Crippen molar-refractivity contribution in [2.24, 2.45) is 0 Å². The first kappa shape index (κ1) is 14.1. The zero-order valence-corrected chi connectivity index (χ0v) is 11.5. The molecule has 0 radical (unpaired) electrons. The summed E-state index contributed by atoms with van der Waals surface area (Å²) in [6.07, 6.45) is 0.825. The Balaban J connectivity index is 2.53. The van der Waals surface area contributed by atoms with Crippen molar-refractivity contribution in [1.29, 1.82) is 0 Å². The fourth-order valence-electron chi connectivity index (χ4n) is 1.19. The van der Waals surface area contributed by atoms with Gasteiger partial charge >= 0.3 is 0 Å². The fraction of sp³-hybridized carbons (Fsp3) is 0.500. The number of thiophene rings is 1. The van der Waals surface area contributed by atoms with Crippen LogP contribution in [0.5, 0.6) is 0 Å². The summed E-state index contributed by atoms with van der Waals surface area (Å²) in [5.41, 5.74) is 0. The number of carbonyl (C=O) groups is 1. The number of nitrogens with one attached hydrogen (secondary N) is 2. The van der Waals surface area contributed by atoms with Gasteiger partial charge in [-0.1, -0.05) is 6.92 Å². The second kappa shape index (κ2) is 6.13. The molecule has 0 aliphatic carbocycles.